The molecular formula is C19H31N7O7S. The highest BCUT2D eigenvalue weighted by atomic mass is 32.2. The number of hydrogen-bond donors (Lipinski definition) is 8. The van der Waals surface area contributed by atoms with Gasteiger partial charge in [-0.2, -0.15) is 11.8 Å². The Labute approximate surface area is 200 Å². The standard InChI is InChI=1S/C19H31N7O7S/c1-34-5-4-12(17(30)25-13(19(32)33)6-10-7-22-9-23-10)24-18(31)14(8-27)26-16(29)11(20)2-3-15(21)28/h7,9,11-14,27H,2-6,8,20H2,1H3,(H2,21,28)(H,22,23)(H,24,31)(H,25,30)(H,26,29)(H,32,33). The number of primary amides is 1. The number of amides is 4. The number of imidazole rings is 1. The molecular weight excluding hydrogens is 470 g/mol. The summed E-state index contributed by atoms with van der Waals surface area (Å²) in [5.41, 5.74) is 11.2. The van der Waals surface area contributed by atoms with Gasteiger partial charge in [0.2, 0.25) is 23.6 Å². The van der Waals surface area contributed by atoms with Crippen molar-refractivity contribution in [3.63, 3.8) is 0 Å². The molecule has 0 radical (unpaired) electrons. The summed E-state index contributed by atoms with van der Waals surface area (Å²) in [6.07, 6.45) is 4.53. The smallest absolute Gasteiger partial charge is 0.326 e. The normalized spacial score (nSPS) is 14.3. The van der Waals surface area contributed by atoms with Crippen molar-refractivity contribution in [3.05, 3.63) is 18.2 Å². The summed E-state index contributed by atoms with van der Waals surface area (Å²) in [7, 11) is 0. The van der Waals surface area contributed by atoms with Gasteiger partial charge in [-0.25, -0.2) is 9.78 Å². The molecule has 0 fully saturated rings. The summed E-state index contributed by atoms with van der Waals surface area (Å²) in [6.45, 7) is -0.783. The highest BCUT2D eigenvalue weighted by molar-refractivity contribution is 7.98. The van der Waals surface area contributed by atoms with Gasteiger partial charge in [0.05, 0.1) is 19.0 Å². The Morgan fingerprint density at radius 2 is 1.68 bits per heavy atom. The van der Waals surface area contributed by atoms with E-state index < -0.39 is 60.4 Å². The molecule has 15 heteroatoms. The monoisotopic (exact) mass is 501 g/mol. The summed E-state index contributed by atoms with van der Waals surface area (Å²) < 4.78 is 0. The summed E-state index contributed by atoms with van der Waals surface area (Å²) in [5, 5.41) is 26.1. The van der Waals surface area contributed by atoms with Crippen molar-refractivity contribution in [1.29, 1.82) is 0 Å². The van der Waals surface area contributed by atoms with E-state index in [-0.39, 0.29) is 25.7 Å². The number of carbonyl (C=O) groups excluding carboxylic acids is 4. The van der Waals surface area contributed by atoms with Crippen molar-refractivity contribution < 1.29 is 34.2 Å². The van der Waals surface area contributed by atoms with Gasteiger partial charge in [0.25, 0.3) is 0 Å². The molecule has 0 saturated heterocycles. The van der Waals surface area contributed by atoms with Gasteiger partial charge >= 0.3 is 5.97 Å². The molecule has 4 unspecified atom stereocenters. The number of carbonyl (C=O) groups is 5. The van der Waals surface area contributed by atoms with E-state index >= 15 is 0 Å². The first kappa shape index (κ1) is 28.9. The number of carboxylic acid groups (broad SMARTS) is 1. The maximum atomic E-state index is 12.8. The topological polar surface area (TPSA) is 243 Å². The van der Waals surface area contributed by atoms with Crippen LogP contribution in [0.5, 0.6) is 0 Å². The molecule has 1 aromatic heterocycles. The third-order valence-corrected chi connectivity index (χ3v) is 5.34. The minimum Gasteiger partial charge on any atom is -0.480 e. The summed E-state index contributed by atoms with van der Waals surface area (Å²) >= 11 is 1.41. The van der Waals surface area contributed by atoms with Crippen LogP contribution >= 0.6 is 11.8 Å². The van der Waals surface area contributed by atoms with Crippen LogP contribution in [0.3, 0.4) is 0 Å². The van der Waals surface area contributed by atoms with E-state index in [9.17, 15) is 34.2 Å². The summed E-state index contributed by atoms with van der Waals surface area (Å²) in [5.74, 6) is -3.84. The van der Waals surface area contributed by atoms with Crippen LogP contribution < -0.4 is 27.4 Å². The molecule has 0 aromatic carbocycles. The van der Waals surface area contributed by atoms with Crippen molar-refractivity contribution in [3.8, 4) is 0 Å². The number of nitrogens with one attached hydrogen (secondary N) is 4. The fourth-order valence-electron chi connectivity index (χ4n) is 2.77. The van der Waals surface area contributed by atoms with Gasteiger partial charge in [0.15, 0.2) is 0 Å². The number of rotatable bonds is 16. The number of hydrogen-bond acceptors (Lipinski definition) is 9. The first-order valence-corrected chi connectivity index (χ1v) is 11.7. The molecule has 0 saturated carbocycles. The summed E-state index contributed by atoms with van der Waals surface area (Å²) in [4.78, 5) is 66.6. The zero-order chi connectivity index (χ0) is 25.7. The van der Waals surface area contributed by atoms with E-state index in [0.717, 1.165) is 0 Å². The lowest BCUT2D eigenvalue weighted by Gasteiger charge is -2.24. The quantitative estimate of drug-likeness (QED) is 0.113. The number of thioether (sulfide) groups is 1. The number of carboxylic acids is 1. The van der Waals surface area contributed by atoms with Gasteiger partial charge < -0.3 is 42.6 Å². The number of aliphatic hydroxyl groups excluding tert-OH is 1. The van der Waals surface area contributed by atoms with E-state index in [1.165, 1.54) is 24.3 Å². The SMILES string of the molecule is CSCCC(NC(=O)C(CO)NC(=O)C(N)CCC(N)=O)C(=O)NC(Cc1cnc[nH]1)C(=O)O. The fourth-order valence-corrected chi connectivity index (χ4v) is 3.24. The second kappa shape index (κ2) is 14.9. The molecule has 0 aliphatic heterocycles. The van der Waals surface area contributed by atoms with Crippen molar-refractivity contribution in [1.82, 2.24) is 25.9 Å². The van der Waals surface area contributed by atoms with E-state index in [2.05, 4.69) is 25.9 Å². The average molecular weight is 502 g/mol. The van der Waals surface area contributed by atoms with Crippen LogP contribution in [0.15, 0.2) is 12.5 Å². The van der Waals surface area contributed by atoms with Gasteiger partial charge in [0.1, 0.15) is 18.1 Å². The van der Waals surface area contributed by atoms with Gasteiger partial charge in [-0.3, -0.25) is 19.2 Å². The molecule has 34 heavy (non-hydrogen) atoms. The van der Waals surface area contributed by atoms with E-state index in [1.807, 2.05) is 0 Å². The third kappa shape index (κ3) is 10.2. The number of H-pyrrole nitrogens is 1. The molecule has 1 heterocycles. The van der Waals surface area contributed by atoms with E-state index in [0.29, 0.717) is 11.4 Å². The number of nitrogens with two attached hydrogens (primary N) is 2. The molecule has 0 bridgehead atoms. The molecule has 4 atom stereocenters. The molecule has 1 aromatic rings. The van der Waals surface area contributed by atoms with Crippen LogP contribution in [0, 0.1) is 0 Å². The zero-order valence-electron chi connectivity index (χ0n) is 18.7. The van der Waals surface area contributed by atoms with Crippen molar-refractivity contribution in [2.45, 2.75) is 49.9 Å². The molecule has 1 rings (SSSR count). The molecule has 190 valence electrons. The van der Waals surface area contributed by atoms with Gasteiger partial charge in [-0.15, -0.1) is 0 Å². The average Bonchev–Trinajstić information content (AvgIpc) is 3.30. The van der Waals surface area contributed by atoms with Crippen LogP contribution in [-0.4, -0.2) is 92.6 Å². The lowest BCUT2D eigenvalue weighted by Crippen LogP contribution is -2.58. The lowest BCUT2D eigenvalue weighted by atomic mass is 10.1. The minimum absolute atomic E-state index is 0.0490. The highest BCUT2D eigenvalue weighted by Gasteiger charge is 2.30. The molecule has 14 nitrogen and oxygen atoms in total. The van der Waals surface area contributed by atoms with Gasteiger partial charge in [0, 0.05) is 24.7 Å². The second-order valence-electron chi connectivity index (χ2n) is 7.38. The molecule has 10 N–H and O–H groups in total. The number of aliphatic hydroxyl groups is 1. The Morgan fingerprint density at radius 1 is 1.06 bits per heavy atom. The van der Waals surface area contributed by atoms with Crippen LogP contribution in [0.4, 0.5) is 0 Å². The number of aliphatic carboxylic acids is 1. The highest BCUT2D eigenvalue weighted by Crippen LogP contribution is 2.05. The first-order chi connectivity index (χ1) is 16.1. The maximum Gasteiger partial charge on any atom is 0.326 e. The predicted molar refractivity (Wildman–Crippen MR) is 122 cm³/mol. The van der Waals surface area contributed by atoms with Gasteiger partial charge in [-0.1, -0.05) is 0 Å². The number of aromatic amines is 1. The molecule has 4 amide bonds. The van der Waals surface area contributed by atoms with Crippen molar-refractivity contribution in [2.75, 3.05) is 18.6 Å². The van der Waals surface area contributed by atoms with Crippen molar-refractivity contribution >= 4 is 41.4 Å². The Morgan fingerprint density at radius 3 is 2.21 bits per heavy atom. The second-order valence-corrected chi connectivity index (χ2v) is 8.36. The maximum absolute atomic E-state index is 12.8. The Kier molecular flexibility index (Phi) is 12.6. The third-order valence-electron chi connectivity index (χ3n) is 4.69. The molecule has 0 spiro atoms. The van der Waals surface area contributed by atoms with Gasteiger partial charge in [-0.05, 0) is 24.9 Å². The van der Waals surface area contributed by atoms with Crippen LogP contribution in [-0.2, 0) is 30.4 Å². The van der Waals surface area contributed by atoms with E-state index in [1.54, 1.807) is 6.26 Å². The summed E-state index contributed by atoms with van der Waals surface area (Å²) in [6, 6.07) is -4.96. The first-order valence-electron chi connectivity index (χ1n) is 10.3. The molecule has 0 aliphatic rings. The zero-order valence-corrected chi connectivity index (χ0v) is 19.5. The largest absolute Gasteiger partial charge is 0.480 e. The number of nitrogens with zero attached hydrogens (tertiary/aromatic N) is 1. The Hall–Kier alpha value is -3.17. The van der Waals surface area contributed by atoms with Crippen molar-refractivity contribution in [2.24, 2.45) is 11.5 Å². The predicted octanol–water partition coefficient (Wildman–Crippen LogP) is -3.17. The Bertz CT molecular complexity index is 837. The minimum atomic E-state index is -1.42. The Balaban J connectivity index is 2.82. The fraction of sp³-hybridized carbons (Fsp3) is 0.579. The number of aromatic nitrogens is 2. The lowest BCUT2D eigenvalue weighted by molar-refractivity contribution is -0.142. The van der Waals surface area contributed by atoms with Crippen LogP contribution in [0.25, 0.3) is 0 Å². The van der Waals surface area contributed by atoms with E-state index in [4.69, 9.17) is 11.5 Å². The van der Waals surface area contributed by atoms with Crippen LogP contribution in [0.2, 0.25) is 0 Å². The van der Waals surface area contributed by atoms with Crippen LogP contribution in [0.1, 0.15) is 25.0 Å². The molecule has 0 aliphatic carbocycles.